The summed E-state index contributed by atoms with van der Waals surface area (Å²) in [6.07, 6.45) is 2.56. The van der Waals surface area contributed by atoms with E-state index in [0.717, 1.165) is 5.75 Å². The van der Waals surface area contributed by atoms with Gasteiger partial charge in [0.05, 0.1) is 12.2 Å². The van der Waals surface area contributed by atoms with Crippen LogP contribution in [0.1, 0.15) is 10.4 Å². The number of carbonyl (C=O) groups excluding carboxylic acids is 1. The number of aldehydes is 1. The topological polar surface area (TPSA) is 26.3 Å². The van der Waals surface area contributed by atoms with Crippen molar-refractivity contribution < 1.29 is 13.9 Å². The summed E-state index contributed by atoms with van der Waals surface area (Å²) in [5.74, 6) is 0.857. The lowest BCUT2D eigenvalue weighted by Gasteiger charge is -2.06. The van der Waals surface area contributed by atoms with E-state index in [1.807, 2.05) is 6.26 Å². The Morgan fingerprint density at radius 1 is 1.57 bits per heavy atom. The molecule has 0 aliphatic heterocycles. The van der Waals surface area contributed by atoms with E-state index < -0.39 is 5.82 Å². The van der Waals surface area contributed by atoms with Crippen LogP contribution in [0.15, 0.2) is 18.2 Å². The molecule has 0 atom stereocenters. The summed E-state index contributed by atoms with van der Waals surface area (Å²) in [6.45, 7) is 0.521. The molecule has 0 amide bonds. The fourth-order valence-corrected chi connectivity index (χ4v) is 1.23. The fraction of sp³-hybridized carbons (Fsp3) is 0.300. The zero-order valence-corrected chi connectivity index (χ0v) is 8.64. The Morgan fingerprint density at radius 3 is 3.00 bits per heavy atom. The first kappa shape index (κ1) is 11.0. The Kier molecular flexibility index (Phi) is 4.46. The van der Waals surface area contributed by atoms with Gasteiger partial charge in [-0.2, -0.15) is 11.8 Å². The lowest BCUT2D eigenvalue weighted by molar-refractivity contribution is 0.111. The minimum atomic E-state index is -0.427. The number of benzene rings is 1. The lowest BCUT2D eigenvalue weighted by atomic mass is 10.2. The molecule has 0 aliphatic carbocycles. The molecule has 1 aromatic carbocycles. The van der Waals surface area contributed by atoms with Crippen molar-refractivity contribution in [1.82, 2.24) is 0 Å². The highest BCUT2D eigenvalue weighted by Gasteiger charge is 2.03. The molecule has 0 heterocycles. The number of rotatable bonds is 5. The maximum Gasteiger partial charge on any atom is 0.153 e. The van der Waals surface area contributed by atoms with Crippen molar-refractivity contribution in [2.45, 2.75) is 0 Å². The van der Waals surface area contributed by atoms with Gasteiger partial charge in [-0.15, -0.1) is 0 Å². The van der Waals surface area contributed by atoms with E-state index in [1.165, 1.54) is 18.2 Å². The Hall–Kier alpha value is -1.03. The summed E-state index contributed by atoms with van der Waals surface area (Å²) in [5.41, 5.74) is 0.256. The number of ether oxygens (including phenoxy) is 1. The third-order valence-corrected chi connectivity index (χ3v) is 2.22. The molecule has 76 valence electrons. The Morgan fingerprint density at radius 2 is 2.36 bits per heavy atom. The van der Waals surface area contributed by atoms with Crippen LogP contribution in [0.2, 0.25) is 0 Å². The van der Waals surface area contributed by atoms with Crippen molar-refractivity contribution in [3.8, 4) is 5.75 Å². The molecule has 0 aliphatic rings. The predicted molar refractivity (Wildman–Crippen MR) is 55.7 cm³/mol. The summed E-state index contributed by atoms with van der Waals surface area (Å²) in [4.78, 5) is 10.6. The summed E-state index contributed by atoms with van der Waals surface area (Å²) in [6, 6.07) is 3.92. The second-order valence-corrected chi connectivity index (χ2v) is 3.63. The molecule has 0 saturated carbocycles. The van der Waals surface area contributed by atoms with E-state index in [1.54, 1.807) is 11.8 Å². The van der Waals surface area contributed by atoms with E-state index in [2.05, 4.69) is 0 Å². The summed E-state index contributed by atoms with van der Waals surface area (Å²) >= 11 is 1.65. The minimum Gasteiger partial charge on any atom is -0.492 e. The zero-order chi connectivity index (χ0) is 10.4. The number of hydrogen-bond donors (Lipinski definition) is 0. The quantitative estimate of drug-likeness (QED) is 0.556. The summed E-state index contributed by atoms with van der Waals surface area (Å²) < 4.78 is 18.0. The number of halogens is 1. The Balaban J connectivity index is 2.70. The van der Waals surface area contributed by atoms with Crippen molar-refractivity contribution >= 4 is 18.0 Å². The second-order valence-electron chi connectivity index (χ2n) is 2.64. The molecule has 14 heavy (non-hydrogen) atoms. The van der Waals surface area contributed by atoms with Crippen LogP contribution in [-0.4, -0.2) is 24.9 Å². The first-order valence-electron chi connectivity index (χ1n) is 4.14. The molecular formula is C10H11FO2S. The number of thioether (sulfide) groups is 1. The van der Waals surface area contributed by atoms with Crippen molar-refractivity contribution in [2.24, 2.45) is 0 Å². The van der Waals surface area contributed by atoms with Gasteiger partial charge >= 0.3 is 0 Å². The number of carbonyl (C=O) groups is 1. The van der Waals surface area contributed by atoms with Crippen LogP contribution < -0.4 is 4.74 Å². The third kappa shape index (κ3) is 3.03. The monoisotopic (exact) mass is 214 g/mol. The molecule has 0 bridgehead atoms. The van der Waals surface area contributed by atoms with Crippen molar-refractivity contribution in [3.63, 3.8) is 0 Å². The fourth-order valence-electron chi connectivity index (χ4n) is 0.978. The van der Waals surface area contributed by atoms with Gasteiger partial charge in [-0.1, -0.05) is 0 Å². The molecule has 0 radical (unpaired) electrons. The van der Waals surface area contributed by atoms with Gasteiger partial charge in [0, 0.05) is 5.75 Å². The van der Waals surface area contributed by atoms with E-state index in [0.29, 0.717) is 18.6 Å². The standard InChI is InChI=1S/C10H11FO2S/c1-14-5-4-13-10-3-2-9(11)6-8(10)7-12/h2-3,6-7H,4-5H2,1H3. The van der Waals surface area contributed by atoms with E-state index in [-0.39, 0.29) is 5.56 Å². The molecule has 0 saturated heterocycles. The smallest absolute Gasteiger partial charge is 0.153 e. The van der Waals surface area contributed by atoms with E-state index in [4.69, 9.17) is 4.74 Å². The molecule has 0 fully saturated rings. The zero-order valence-electron chi connectivity index (χ0n) is 7.83. The normalized spacial score (nSPS) is 9.86. The van der Waals surface area contributed by atoms with Gasteiger partial charge in [0.15, 0.2) is 6.29 Å². The van der Waals surface area contributed by atoms with E-state index >= 15 is 0 Å². The Bertz CT molecular complexity index is 315. The van der Waals surface area contributed by atoms with Crippen LogP contribution in [-0.2, 0) is 0 Å². The van der Waals surface area contributed by atoms with Crippen molar-refractivity contribution in [3.05, 3.63) is 29.6 Å². The lowest BCUT2D eigenvalue weighted by Crippen LogP contribution is -2.02. The van der Waals surface area contributed by atoms with Gasteiger partial charge < -0.3 is 4.74 Å². The van der Waals surface area contributed by atoms with Crippen LogP contribution in [0.5, 0.6) is 5.75 Å². The van der Waals surface area contributed by atoms with Crippen LogP contribution in [0.3, 0.4) is 0 Å². The molecule has 1 aromatic rings. The highest BCUT2D eigenvalue weighted by atomic mass is 32.2. The molecule has 0 aromatic heterocycles. The van der Waals surface area contributed by atoms with Gasteiger partial charge in [0.2, 0.25) is 0 Å². The predicted octanol–water partition coefficient (Wildman–Crippen LogP) is 2.38. The molecular weight excluding hydrogens is 203 g/mol. The summed E-state index contributed by atoms with van der Waals surface area (Å²) in [5, 5.41) is 0. The van der Waals surface area contributed by atoms with Gasteiger partial charge in [0.1, 0.15) is 11.6 Å². The van der Waals surface area contributed by atoms with Gasteiger partial charge in [-0.25, -0.2) is 4.39 Å². The van der Waals surface area contributed by atoms with Crippen LogP contribution in [0.4, 0.5) is 4.39 Å². The highest BCUT2D eigenvalue weighted by Crippen LogP contribution is 2.17. The van der Waals surface area contributed by atoms with Crippen LogP contribution >= 0.6 is 11.8 Å². The minimum absolute atomic E-state index is 0.256. The first-order valence-corrected chi connectivity index (χ1v) is 5.53. The second kappa shape index (κ2) is 5.65. The van der Waals surface area contributed by atoms with Gasteiger partial charge in [-0.3, -0.25) is 4.79 Å². The van der Waals surface area contributed by atoms with Crippen LogP contribution in [0, 0.1) is 5.82 Å². The molecule has 2 nitrogen and oxygen atoms in total. The average molecular weight is 214 g/mol. The maximum absolute atomic E-state index is 12.7. The molecule has 0 unspecified atom stereocenters. The average Bonchev–Trinajstić information content (AvgIpc) is 2.20. The molecule has 0 N–H and O–H groups in total. The molecule has 1 rings (SSSR count). The van der Waals surface area contributed by atoms with Gasteiger partial charge in [-0.05, 0) is 24.5 Å². The van der Waals surface area contributed by atoms with Crippen molar-refractivity contribution in [2.75, 3.05) is 18.6 Å². The third-order valence-electron chi connectivity index (χ3n) is 1.64. The van der Waals surface area contributed by atoms with E-state index in [9.17, 15) is 9.18 Å². The molecule has 4 heteroatoms. The van der Waals surface area contributed by atoms with Crippen LogP contribution in [0.25, 0.3) is 0 Å². The largest absolute Gasteiger partial charge is 0.492 e. The first-order chi connectivity index (χ1) is 6.77. The summed E-state index contributed by atoms with van der Waals surface area (Å²) in [7, 11) is 0. The highest BCUT2D eigenvalue weighted by molar-refractivity contribution is 7.98. The van der Waals surface area contributed by atoms with Gasteiger partial charge in [0.25, 0.3) is 0 Å². The van der Waals surface area contributed by atoms with Crippen molar-refractivity contribution in [1.29, 1.82) is 0 Å². The number of hydrogen-bond acceptors (Lipinski definition) is 3. The SMILES string of the molecule is CSCCOc1ccc(F)cc1C=O. The Labute approximate surface area is 86.5 Å². The molecule has 0 spiro atoms. The maximum atomic E-state index is 12.7.